The van der Waals surface area contributed by atoms with Crippen LogP contribution in [0.5, 0.6) is 0 Å². The second kappa shape index (κ2) is 6.37. The van der Waals surface area contributed by atoms with Crippen molar-refractivity contribution in [1.82, 2.24) is 10.3 Å². The molecule has 3 aromatic rings. The summed E-state index contributed by atoms with van der Waals surface area (Å²) in [4.78, 5) is 4.46. The highest BCUT2D eigenvalue weighted by Crippen LogP contribution is 2.28. The van der Waals surface area contributed by atoms with Gasteiger partial charge in [-0.05, 0) is 41.9 Å². The lowest BCUT2D eigenvalue weighted by atomic mass is 9.95. The van der Waals surface area contributed by atoms with Crippen molar-refractivity contribution in [2.75, 3.05) is 6.54 Å². The van der Waals surface area contributed by atoms with Crippen molar-refractivity contribution in [1.29, 1.82) is 0 Å². The van der Waals surface area contributed by atoms with Crippen LogP contribution in [-0.2, 0) is 0 Å². The normalized spacial score (nSPS) is 12.5. The van der Waals surface area contributed by atoms with Gasteiger partial charge in [-0.25, -0.2) is 0 Å². The maximum Gasteiger partial charge on any atom is 0.0705 e. The molecule has 0 amide bonds. The van der Waals surface area contributed by atoms with Gasteiger partial charge in [0.05, 0.1) is 11.6 Å². The Balaban J connectivity index is 2.13. The van der Waals surface area contributed by atoms with Crippen LogP contribution in [0, 0.1) is 0 Å². The van der Waals surface area contributed by atoms with E-state index in [1.165, 1.54) is 16.5 Å². The quantitative estimate of drug-likeness (QED) is 0.744. The summed E-state index contributed by atoms with van der Waals surface area (Å²) in [5, 5.41) is 4.79. The van der Waals surface area contributed by atoms with E-state index in [-0.39, 0.29) is 6.04 Å². The van der Waals surface area contributed by atoms with E-state index in [2.05, 4.69) is 81.7 Å². The first-order valence-electron chi connectivity index (χ1n) is 7.12. The Morgan fingerprint density at radius 1 is 1.05 bits per heavy atom. The fourth-order valence-electron chi connectivity index (χ4n) is 2.65. The van der Waals surface area contributed by atoms with Gasteiger partial charge in [0.25, 0.3) is 0 Å². The van der Waals surface area contributed by atoms with Crippen molar-refractivity contribution < 1.29 is 0 Å². The highest BCUT2D eigenvalue weighted by atomic mass is 79.9. The number of aromatic nitrogens is 1. The summed E-state index contributed by atoms with van der Waals surface area (Å²) in [5.41, 5.74) is 3.57. The summed E-state index contributed by atoms with van der Waals surface area (Å²) in [5.74, 6) is 0. The molecule has 21 heavy (non-hydrogen) atoms. The fourth-order valence-corrected chi connectivity index (χ4v) is 2.91. The molecule has 0 fully saturated rings. The zero-order valence-corrected chi connectivity index (χ0v) is 13.5. The summed E-state index contributed by atoms with van der Waals surface area (Å²) in [6.07, 6.45) is 1.84. The lowest BCUT2D eigenvalue weighted by Crippen LogP contribution is -2.22. The van der Waals surface area contributed by atoms with Gasteiger partial charge in [-0.3, -0.25) is 4.98 Å². The van der Waals surface area contributed by atoms with Crippen molar-refractivity contribution in [3.63, 3.8) is 0 Å². The number of hydrogen-bond acceptors (Lipinski definition) is 2. The molecule has 0 saturated carbocycles. The van der Waals surface area contributed by atoms with Gasteiger partial charge in [-0.1, -0.05) is 53.2 Å². The second-order valence-corrected chi connectivity index (χ2v) is 5.88. The third-order valence-electron chi connectivity index (χ3n) is 3.60. The van der Waals surface area contributed by atoms with Crippen molar-refractivity contribution in [2.45, 2.75) is 13.0 Å². The van der Waals surface area contributed by atoms with Gasteiger partial charge in [0.2, 0.25) is 0 Å². The Kier molecular flexibility index (Phi) is 4.32. The molecule has 0 aliphatic carbocycles. The van der Waals surface area contributed by atoms with E-state index in [0.717, 1.165) is 16.5 Å². The summed E-state index contributed by atoms with van der Waals surface area (Å²) in [7, 11) is 0. The van der Waals surface area contributed by atoms with E-state index in [4.69, 9.17) is 0 Å². The van der Waals surface area contributed by atoms with Crippen LogP contribution < -0.4 is 5.32 Å². The predicted octanol–water partition coefficient (Wildman–Crippen LogP) is 4.70. The monoisotopic (exact) mass is 340 g/mol. The highest BCUT2D eigenvalue weighted by Gasteiger charge is 2.15. The minimum atomic E-state index is 0.177. The minimum absolute atomic E-state index is 0.177. The van der Waals surface area contributed by atoms with Crippen molar-refractivity contribution in [3.8, 4) is 0 Å². The number of pyridine rings is 1. The molecule has 0 radical (unpaired) electrons. The average Bonchev–Trinajstić information content (AvgIpc) is 2.53. The van der Waals surface area contributed by atoms with Gasteiger partial charge in [0.1, 0.15) is 0 Å². The zero-order valence-electron chi connectivity index (χ0n) is 11.9. The van der Waals surface area contributed by atoms with Crippen LogP contribution in [0.2, 0.25) is 0 Å². The number of benzene rings is 2. The minimum Gasteiger partial charge on any atom is -0.307 e. The lowest BCUT2D eigenvalue weighted by Gasteiger charge is -2.20. The Hall–Kier alpha value is -1.71. The fraction of sp³-hybridized carbons (Fsp3) is 0.167. The first-order chi connectivity index (χ1) is 10.3. The molecule has 2 aromatic carbocycles. The van der Waals surface area contributed by atoms with Crippen LogP contribution in [0.1, 0.15) is 24.1 Å². The number of nitrogens with zero attached hydrogens (tertiary/aromatic N) is 1. The summed E-state index contributed by atoms with van der Waals surface area (Å²) in [6.45, 7) is 3.05. The van der Waals surface area contributed by atoms with Gasteiger partial charge in [0, 0.05) is 16.1 Å². The molecule has 1 atom stereocenters. The molecule has 1 unspecified atom stereocenters. The molecule has 0 spiro atoms. The second-order valence-electron chi connectivity index (χ2n) is 4.96. The summed E-state index contributed by atoms with van der Waals surface area (Å²) in [6, 6.07) is 19.1. The van der Waals surface area contributed by atoms with Crippen LogP contribution in [0.25, 0.3) is 10.9 Å². The molecule has 106 valence electrons. The maximum absolute atomic E-state index is 4.46. The van der Waals surface area contributed by atoms with Crippen LogP contribution in [-0.4, -0.2) is 11.5 Å². The van der Waals surface area contributed by atoms with Crippen LogP contribution in [0.3, 0.4) is 0 Å². The van der Waals surface area contributed by atoms with Gasteiger partial charge < -0.3 is 5.32 Å². The van der Waals surface area contributed by atoms with Gasteiger partial charge in [-0.15, -0.1) is 0 Å². The Labute approximate surface area is 133 Å². The Morgan fingerprint density at radius 3 is 2.62 bits per heavy atom. The smallest absolute Gasteiger partial charge is 0.0705 e. The molecule has 1 heterocycles. The van der Waals surface area contributed by atoms with E-state index < -0.39 is 0 Å². The van der Waals surface area contributed by atoms with E-state index in [9.17, 15) is 0 Å². The number of rotatable bonds is 4. The average molecular weight is 341 g/mol. The molecule has 3 heteroatoms. The number of nitrogens with one attached hydrogen (secondary N) is 1. The molecule has 1 N–H and O–H groups in total. The zero-order chi connectivity index (χ0) is 14.7. The first kappa shape index (κ1) is 14.2. The molecular weight excluding hydrogens is 324 g/mol. The van der Waals surface area contributed by atoms with Crippen LogP contribution >= 0.6 is 15.9 Å². The number of fused-ring (bicyclic) bond motifs is 1. The SMILES string of the molecule is CCNC(c1ccc(Br)cc1)c1cccc2ncccc12. The molecule has 0 bridgehead atoms. The van der Waals surface area contributed by atoms with Crippen LogP contribution in [0.15, 0.2) is 65.3 Å². The molecule has 0 aliphatic rings. The van der Waals surface area contributed by atoms with Gasteiger partial charge in [-0.2, -0.15) is 0 Å². The number of hydrogen-bond donors (Lipinski definition) is 1. The van der Waals surface area contributed by atoms with Crippen molar-refractivity contribution in [2.24, 2.45) is 0 Å². The molecular formula is C18H17BrN2. The molecule has 0 saturated heterocycles. The third-order valence-corrected chi connectivity index (χ3v) is 4.13. The van der Waals surface area contributed by atoms with Gasteiger partial charge in [0.15, 0.2) is 0 Å². The van der Waals surface area contributed by atoms with Gasteiger partial charge >= 0.3 is 0 Å². The first-order valence-corrected chi connectivity index (χ1v) is 7.91. The highest BCUT2D eigenvalue weighted by molar-refractivity contribution is 9.10. The molecule has 2 nitrogen and oxygen atoms in total. The molecule has 3 rings (SSSR count). The Bertz CT molecular complexity index is 732. The summed E-state index contributed by atoms with van der Waals surface area (Å²) < 4.78 is 1.10. The van der Waals surface area contributed by atoms with Crippen molar-refractivity contribution >= 4 is 26.8 Å². The van der Waals surface area contributed by atoms with E-state index in [1.54, 1.807) is 0 Å². The topological polar surface area (TPSA) is 24.9 Å². The largest absolute Gasteiger partial charge is 0.307 e. The summed E-state index contributed by atoms with van der Waals surface area (Å²) >= 11 is 3.50. The van der Waals surface area contributed by atoms with E-state index in [1.807, 2.05) is 12.3 Å². The number of halogens is 1. The Morgan fingerprint density at radius 2 is 1.86 bits per heavy atom. The predicted molar refractivity (Wildman–Crippen MR) is 91.4 cm³/mol. The third kappa shape index (κ3) is 2.99. The van der Waals surface area contributed by atoms with Crippen molar-refractivity contribution in [3.05, 3.63) is 76.4 Å². The van der Waals surface area contributed by atoms with Crippen LogP contribution in [0.4, 0.5) is 0 Å². The molecule has 1 aromatic heterocycles. The van der Waals surface area contributed by atoms with E-state index >= 15 is 0 Å². The van der Waals surface area contributed by atoms with E-state index in [0.29, 0.717) is 0 Å². The standard InChI is InChI=1S/C18H17BrN2/c1-2-20-18(13-8-10-14(19)11-9-13)16-5-3-7-17-15(16)6-4-12-21-17/h3-12,18,20H,2H2,1H3. The maximum atomic E-state index is 4.46. The molecule has 0 aliphatic heterocycles. The lowest BCUT2D eigenvalue weighted by molar-refractivity contribution is 0.634.